The van der Waals surface area contributed by atoms with Crippen molar-refractivity contribution in [3.8, 4) is 0 Å². The van der Waals surface area contributed by atoms with Crippen LogP contribution in [-0.4, -0.2) is 53.6 Å². The molecule has 1 aromatic rings. The van der Waals surface area contributed by atoms with E-state index < -0.39 is 0 Å². The summed E-state index contributed by atoms with van der Waals surface area (Å²) in [6.45, 7) is 9.13. The Balaban J connectivity index is 0.00000400. The van der Waals surface area contributed by atoms with Crippen molar-refractivity contribution in [2.75, 3.05) is 26.8 Å². The lowest BCUT2D eigenvalue weighted by Crippen LogP contribution is -2.44. The van der Waals surface area contributed by atoms with Crippen molar-refractivity contribution in [1.29, 1.82) is 0 Å². The van der Waals surface area contributed by atoms with Crippen molar-refractivity contribution in [2.24, 2.45) is 4.99 Å². The molecule has 7 nitrogen and oxygen atoms in total. The van der Waals surface area contributed by atoms with Crippen LogP contribution in [0.4, 0.5) is 0 Å². The molecular weight excluding hydrogens is 383 g/mol. The third-order valence-corrected chi connectivity index (χ3v) is 2.77. The molecule has 0 aliphatic rings. The molecule has 0 amide bonds. The molecule has 0 saturated carbocycles. The van der Waals surface area contributed by atoms with E-state index in [4.69, 9.17) is 4.74 Å². The van der Waals surface area contributed by atoms with Gasteiger partial charge >= 0.3 is 0 Å². The molecule has 2 N–H and O–H groups in total. The minimum Gasteiger partial charge on any atom is -0.383 e. The van der Waals surface area contributed by atoms with Crippen LogP contribution in [0.5, 0.6) is 0 Å². The molecule has 0 bridgehead atoms. The van der Waals surface area contributed by atoms with Crippen LogP contribution in [0.3, 0.4) is 0 Å². The van der Waals surface area contributed by atoms with E-state index in [2.05, 4.69) is 39.7 Å². The summed E-state index contributed by atoms with van der Waals surface area (Å²) < 4.78 is 7.14. The number of halogens is 1. The normalized spacial score (nSPS) is 12.7. The van der Waals surface area contributed by atoms with E-state index >= 15 is 0 Å². The van der Waals surface area contributed by atoms with Crippen LogP contribution in [0.1, 0.15) is 26.6 Å². The van der Waals surface area contributed by atoms with Gasteiger partial charge in [-0.25, -0.2) is 0 Å². The Morgan fingerprint density at radius 3 is 2.86 bits per heavy atom. The molecule has 0 spiro atoms. The number of nitrogens with one attached hydrogen (secondary N) is 2. The van der Waals surface area contributed by atoms with E-state index in [1.54, 1.807) is 13.4 Å². The molecule has 122 valence electrons. The van der Waals surface area contributed by atoms with Crippen molar-refractivity contribution in [2.45, 2.75) is 39.8 Å². The molecule has 21 heavy (non-hydrogen) atoms. The van der Waals surface area contributed by atoms with Crippen molar-refractivity contribution < 1.29 is 4.74 Å². The van der Waals surface area contributed by atoms with Gasteiger partial charge < -0.3 is 19.9 Å². The average Bonchev–Trinajstić information content (AvgIpc) is 2.86. The highest BCUT2D eigenvalue weighted by molar-refractivity contribution is 14.0. The van der Waals surface area contributed by atoms with Crippen molar-refractivity contribution in [1.82, 2.24) is 25.4 Å². The highest BCUT2D eigenvalue weighted by Gasteiger charge is 2.05. The highest BCUT2D eigenvalue weighted by atomic mass is 127. The van der Waals surface area contributed by atoms with E-state index in [0.717, 1.165) is 31.3 Å². The number of methoxy groups -OCH3 is 1. The second-order valence-electron chi connectivity index (χ2n) is 4.56. The fourth-order valence-electron chi connectivity index (χ4n) is 1.85. The summed E-state index contributed by atoms with van der Waals surface area (Å²) in [7, 11) is 1.70. The first-order valence-electron chi connectivity index (χ1n) is 7.11. The van der Waals surface area contributed by atoms with Gasteiger partial charge in [-0.1, -0.05) is 6.92 Å². The Morgan fingerprint density at radius 1 is 1.48 bits per heavy atom. The summed E-state index contributed by atoms with van der Waals surface area (Å²) in [5.41, 5.74) is 0. The minimum atomic E-state index is 0. The zero-order valence-corrected chi connectivity index (χ0v) is 15.6. The Kier molecular flexibility index (Phi) is 11.2. The van der Waals surface area contributed by atoms with Gasteiger partial charge in [0, 0.05) is 32.7 Å². The molecule has 0 aliphatic heterocycles. The lowest BCUT2D eigenvalue weighted by atomic mass is 10.4. The Labute approximate surface area is 144 Å². The lowest BCUT2D eigenvalue weighted by molar-refractivity contribution is 0.179. The Hall–Kier alpha value is -0.900. The number of aryl methyl sites for hydroxylation is 1. The zero-order chi connectivity index (χ0) is 14.8. The summed E-state index contributed by atoms with van der Waals surface area (Å²) in [4.78, 5) is 4.55. The first-order valence-corrected chi connectivity index (χ1v) is 7.11. The van der Waals surface area contributed by atoms with Gasteiger partial charge in [0.25, 0.3) is 0 Å². The van der Waals surface area contributed by atoms with E-state index in [9.17, 15) is 0 Å². The molecule has 0 radical (unpaired) electrons. The van der Waals surface area contributed by atoms with E-state index in [1.165, 1.54) is 0 Å². The molecule has 0 saturated heterocycles. The first-order chi connectivity index (χ1) is 9.71. The smallest absolute Gasteiger partial charge is 0.191 e. The van der Waals surface area contributed by atoms with Crippen LogP contribution in [-0.2, 0) is 17.7 Å². The number of guanidine groups is 1. The van der Waals surface area contributed by atoms with Crippen LogP contribution in [0, 0.1) is 0 Å². The molecule has 0 fully saturated rings. The van der Waals surface area contributed by atoms with Gasteiger partial charge in [-0.2, -0.15) is 0 Å². The van der Waals surface area contributed by atoms with Crippen molar-refractivity contribution in [3.05, 3.63) is 12.2 Å². The van der Waals surface area contributed by atoms with Crippen molar-refractivity contribution >= 4 is 29.9 Å². The number of rotatable bonds is 8. The van der Waals surface area contributed by atoms with E-state index in [-0.39, 0.29) is 30.0 Å². The second-order valence-corrected chi connectivity index (χ2v) is 4.56. The maximum absolute atomic E-state index is 5.11. The van der Waals surface area contributed by atoms with Gasteiger partial charge in [0.15, 0.2) is 5.96 Å². The summed E-state index contributed by atoms with van der Waals surface area (Å²) in [5, 5.41) is 14.5. The predicted octanol–water partition coefficient (Wildman–Crippen LogP) is 1.05. The Bertz CT molecular complexity index is 409. The number of ether oxygens (including phenoxy) is 1. The molecule has 0 aliphatic carbocycles. The molecule has 1 aromatic heterocycles. The predicted molar refractivity (Wildman–Crippen MR) is 95.3 cm³/mol. The standard InChI is InChI=1S/C13H26N6O.HI/c1-5-12-18-16-10-19(12)8-7-15-13(14-6-2)17-11(3)9-20-4;/h10-11H,5-9H2,1-4H3,(H2,14,15,17);1H. The first kappa shape index (κ1) is 20.1. The van der Waals surface area contributed by atoms with Crippen LogP contribution in [0.2, 0.25) is 0 Å². The third-order valence-electron chi connectivity index (χ3n) is 2.77. The molecule has 1 heterocycles. The van der Waals surface area contributed by atoms with Gasteiger partial charge in [0.05, 0.1) is 13.2 Å². The molecule has 1 rings (SSSR count). The summed E-state index contributed by atoms with van der Waals surface area (Å²) in [5.74, 6) is 1.80. The second kappa shape index (κ2) is 11.7. The third kappa shape index (κ3) is 7.60. The van der Waals surface area contributed by atoms with Gasteiger partial charge in [-0.3, -0.25) is 4.99 Å². The molecule has 0 aromatic carbocycles. The lowest BCUT2D eigenvalue weighted by Gasteiger charge is -2.17. The van der Waals surface area contributed by atoms with Gasteiger partial charge in [0.2, 0.25) is 0 Å². The summed E-state index contributed by atoms with van der Waals surface area (Å²) in [6.07, 6.45) is 2.63. The van der Waals surface area contributed by atoms with Gasteiger partial charge in [-0.15, -0.1) is 34.2 Å². The van der Waals surface area contributed by atoms with E-state index in [0.29, 0.717) is 13.2 Å². The summed E-state index contributed by atoms with van der Waals surface area (Å²) in [6, 6.07) is 0.221. The van der Waals surface area contributed by atoms with Crippen LogP contribution in [0.15, 0.2) is 11.3 Å². The topological polar surface area (TPSA) is 76.4 Å². The fourth-order valence-corrected chi connectivity index (χ4v) is 1.85. The fraction of sp³-hybridized carbons (Fsp3) is 0.769. The zero-order valence-electron chi connectivity index (χ0n) is 13.3. The number of nitrogens with zero attached hydrogens (tertiary/aromatic N) is 4. The monoisotopic (exact) mass is 410 g/mol. The number of hydrogen-bond acceptors (Lipinski definition) is 4. The number of aromatic nitrogens is 3. The highest BCUT2D eigenvalue weighted by Crippen LogP contribution is 1.95. The van der Waals surface area contributed by atoms with Crippen LogP contribution < -0.4 is 10.6 Å². The SMILES string of the molecule is CCNC(=NCCn1cnnc1CC)NC(C)COC.I. The largest absolute Gasteiger partial charge is 0.383 e. The van der Waals surface area contributed by atoms with Crippen molar-refractivity contribution in [3.63, 3.8) is 0 Å². The minimum absolute atomic E-state index is 0. The number of hydrogen-bond donors (Lipinski definition) is 2. The maximum Gasteiger partial charge on any atom is 0.191 e. The van der Waals surface area contributed by atoms with Gasteiger partial charge in [0.1, 0.15) is 12.2 Å². The summed E-state index contributed by atoms with van der Waals surface area (Å²) >= 11 is 0. The van der Waals surface area contributed by atoms with E-state index in [1.807, 2.05) is 11.5 Å². The average molecular weight is 410 g/mol. The molecule has 8 heteroatoms. The Morgan fingerprint density at radius 2 is 2.24 bits per heavy atom. The number of aliphatic imine (C=N–C) groups is 1. The van der Waals surface area contributed by atoms with Crippen LogP contribution >= 0.6 is 24.0 Å². The van der Waals surface area contributed by atoms with Gasteiger partial charge in [-0.05, 0) is 13.8 Å². The molecular formula is C13H27IN6O. The quantitative estimate of drug-likeness (QED) is 0.381. The molecule has 1 unspecified atom stereocenters. The van der Waals surface area contributed by atoms with Crippen LogP contribution in [0.25, 0.3) is 0 Å². The molecule has 1 atom stereocenters. The maximum atomic E-state index is 5.11.